The lowest BCUT2D eigenvalue weighted by Crippen LogP contribution is -2.50. The molecule has 0 aromatic carbocycles. The third-order valence-electron chi connectivity index (χ3n) is 4.33. The minimum atomic E-state index is -2.39. The quantitative estimate of drug-likeness (QED) is 0.700. The number of amides is 1. The Morgan fingerprint density at radius 1 is 1.36 bits per heavy atom. The lowest BCUT2D eigenvalue weighted by molar-refractivity contribution is -0.141. The van der Waals surface area contributed by atoms with Crippen LogP contribution in [0.25, 0.3) is 0 Å². The summed E-state index contributed by atoms with van der Waals surface area (Å²) in [5.74, 6) is -0.330. The van der Waals surface area contributed by atoms with E-state index in [0.717, 1.165) is 19.3 Å². The van der Waals surface area contributed by atoms with Crippen LogP contribution in [0, 0.1) is 10.8 Å². The molecule has 2 bridgehead atoms. The molecule has 0 aromatic heterocycles. The lowest BCUT2D eigenvalue weighted by Gasteiger charge is -2.51. The van der Waals surface area contributed by atoms with Crippen molar-refractivity contribution in [2.24, 2.45) is 10.8 Å². The Labute approximate surface area is 89.1 Å². The Balaban J connectivity index is 2.06. The molecule has 80 valence electrons. The van der Waals surface area contributed by atoms with Gasteiger partial charge in [0.2, 0.25) is 5.91 Å². The number of hydrogen-bond acceptors (Lipinski definition) is 2. The zero-order valence-corrected chi connectivity index (χ0v) is 8.31. The fraction of sp³-hybridized carbons (Fsp3) is 0.909. The maximum atomic E-state index is 12.1. The van der Waals surface area contributed by atoms with Gasteiger partial charge in [-0.25, -0.2) is 0 Å². The van der Waals surface area contributed by atoms with Crippen LogP contribution in [0.1, 0.15) is 42.6 Å². The molecule has 1 amide bonds. The summed E-state index contributed by atoms with van der Waals surface area (Å²) in [4.78, 5) is 12.1. The van der Waals surface area contributed by atoms with Crippen LogP contribution in [0.15, 0.2) is 0 Å². The van der Waals surface area contributed by atoms with Gasteiger partial charge in [0.1, 0.15) is 0 Å². The summed E-state index contributed by atoms with van der Waals surface area (Å²) in [5, 5.41) is 11.5. The average molecular weight is 200 g/mol. The number of rotatable bonds is 2. The largest absolute Gasteiger partial charge is 0.396 e. The van der Waals surface area contributed by atoms with Crippen molar-refractivity contribution in [3.8, 4) is 0 Å². The minimum Gasteiger partial charge on any atom is -0.396 e. The first kappa shape index (κ1) is 6.83. The summed E-state index contributed by atoms with van der Waals surface area (Å²) < 4.78 is 21.3. The summed E-state index contributed by atoms with van der Waals surface area (Å²) in [6.07, 6.45) is 4.61. The fourth-order valence-corrected chi connectivity index (χ4v) is 2.97. The van der Waals surface area contributed by atoms with Gasteiger partial charge in [0.25, 0.3) is 0 Å². The Hall–Kier alpha value is -0.570. The molecule has 3 aliphatic carbocycles. The number of carbonyl (C=O) groups is 1. The van der Waals surface area contributed by atoms with Crippen molar-refractivity contribution in [2.75, 3.05) is 13.6 Å². The van der Waals surface area contributed by atoms with Crippen molar-refractivity contribution in [3.63, 3.8) is 0 Å². The van der Waals surface area contributed by atoms with E-state index in [9.17, 15) is 9.90 Å². The SMILES string of the molecule is [2H]C([2H])([2H])NC(=O)C12CCC(CO)(CC1)CC2. The highest BCUT2D eigenvalue weighted by molar-refractivity contribution is 5.82. The highest BCUT2D eigenvalue weighted by Crippen LogP contribution is 2.56. The Bertz CT molecular complexity index is 303. The topological polar surface area (TPSA) is 49.3 Å². The molecule has 3 nitrogen and oxygen atoms in total. The highest BCUT2D eigenvalue weighted by atomic mass is 16.3. The zero-order chi connectivity index (χ0) is 12.7. The van der Waals surface area contributed by atoms with Crippen molar-refractivity contribution in [1.29, 1.82) is 0 Å². The second kappa shape index (κ2) is 3.23. The molecule has 3 aliphatic rings. The van der Waals surface area contributed by atoms with Crippen LogP contribution in [0.2, 0.25) is 0 Å². The summed E-state index contributed by atoms with van der Waals surface area (Å²) in [6.45, 7) is -2.21. The molecule has 14 heavy (non-hydrogen) atoms. The molecule has 0 saturated heterocycles. The van der Waals surface area contributed by atoms with E-state index >= 15 is 0 Å². The Morgan fingerprint density at radius 3 is 2.36 bits per heavy atom. The van der Waals surface area contributed by atoms with E-state index in [4.69, 9.17) is 4.11 Å². The normalized spacial score (nSPS) is 45.1. The van der Waals surface area contributed by atoms with E-state index in [1.54, 1.807) is 0 Å². The van der Waals surface area contributed by atoms with Crippen molar-refractivity contribution >= 4 is 5.91 Å². The van der Waals surface area contributed by atoms with Gasteiger partial charge < -0.3 is 10.4 Å². The molecule has 3 heteroatoms. The molecule has 0 aliphatic heterocycles. The number of aliphatic hydroxyl groups is 1. The van der Waals surface area contributed by atoms with Crippen LogP contribution in [-0.4, -0.2) is 24.6 Å². The number of hydrogen-bond donors (Lipinski definition) is 2. The third-order valence-corrected chi connectivity index (χ3v) is 4.33. The van der Waals surface area contributed by atoms with Crippen LogP contribution in [0.5, 0.6) is 0 Å². The fourth-order valence-electron chi connectivity index (χ4n) is 2.97. The van der Waals surface area contributed by atoms with E-state index in [1.807, 2.05) is 0 Å². The zero-order valence-electron chi connectivity index (χ0n) is 11.3. The molecule has 2 N–H and O–H groups in total. The van der Waals surface area contributed by atoms with Crippen LogP contribution >= 0.6 is 0 Å². The van der Waals surface area contributed by atoms with E-state index in [-0.39, 0.29) is 17.9 Å². The Morgan fingerprint density at radius 2 is 1.93 bits per heavy atom. The molecular weight excluding hydrogens is 178 g/mol. The molecule has 0 radical (unpaired) electrons. The number of carbonyl (C=O) groups excluding carboxylic acids is 1. The smallest absolute Gasteiger partial charge is 0.225 e. The van der Waals surface area contributed by atoms with Gasteiger partial charge in [-0.3, -0.25) is 4.79 Å². The monoisotopic (exact) mass is 200 g/mol. The van der Waals surface area contributed by atoms with Crippen LogP contribution in [0.4, 0.5) is 0 Å². The van der Waals surface area contributed by atoms with Crippen LogP contribution < -0.4 is 5.32 Å². The minimum absolute atomic E-state index is 0.00200. The predicted octanol–water partition coefficient (Wildman–Crippen LogP) is 1.07. The molecule has 0 heterocycles. The van der Waals surface area contributed by atoms with Gasteiger partial charge in [-0.15, -0.1) is 0 Å². The second-order valence-electron chi connectivity index (χ2n) is 4.89. The standard InChI is InChI=1S/C11H19NO2/c1-12-9(14)11-5-2-10(8-13,3-6-11)4-7-11/h13H,2-8H2,1H3,(H,12,14)/i1D3. The van der Waals surface area contributed by atoms with E-state index < -0.39 is 12.4 Å². The predicted molar refractivity (Wildman–Crippen MR) is 53.7 cm³/mol. The average Bonchev–Trinajstić information content (AvgIpc) is 2.29. The highest BCUT2D eigenvalue weighted by Gasteiger charge is 2.51. The van der Waals surface area contributed by atoms with Gasteiger partial charge in [0.05, 0.1) is 0 Å². The first-order valence-electron chi connectivity index (χ1n) is 6.75. The van der Waals surface area contributed by atoms with Crippen molar-refractivity contribution in [2.45, 2.75) is 38.5 Å². The third kappa shape index (κ3) is 1.26. The van der Waals surface area contributed by atoms with Crippen molar-refractivity contribution in [1.82, 2.24) is 5.32 Å². The van der Waals surface area contributed by atoms with Crippen LogP contribution in [0.3, 0.4) is 0 Å². The van der Waals surface area contributed by atoms with E-state index in [0.29, 0.717) is 19.3 Å². The first-order valence-corrected chi connectivity index (χ1v) is 5.25. The molecule has 0 aromatic rings. The molecule has 3 fully saturated rings. The van der Waals surface area contributed by atoms with E-state index in [2.05, 4.69) is 5.32 Å². The molecule has 0 atom stereocenters. The van der Waals surface area contributed by atoms with Gasteiger partial charge in [-0.05, 0) is 43.9 Å². The van der Waals surface area contributed by atoms with Crippen LogP contribution in [-0.2, 0) is 4.79 Å². The number of nitrogens with one attached hydrogen (secondary N) is 1. The number of fused-ring (bicyclic) bond motifs is 3. The maximum absolute atomic E-state index is 12.1. The van der Waals surface area contributed by atoms with Gasteiger partial charge in [0, 0.05) is 23.1 Å². The van der Waals surface area contributed by atoms with Gasteiger partial charge >= 0.3 is 0 Å². The van der Waals surface area contributed by atoms with Gasteiger partial charge in [0.15, 0.2) is 0 Å². The van der Waals surface area contributed by atoms with Gasteiger partial charge in [-0.1, -0.05) is 0 Å². The van der Waals surface area contributed by atoms with E-state index in [1.165, 1.54) is 0 Å². The summed E-state index contributed by atoms with van der Waals surface area (Å²) >= 11 is 0. The number of aliphatic hydroxyl groups excluding tert-OH is 1. The molecule has 3 rings (SSSR count). The van der Waals surface area contributed by atoms with Gasteiger partial charge in [-0.2, -0.15) is 0 Å². The summed E-state index contributed by atoms with van der Waals surface area (Å²) in [7, 11) is 0. The lowest BCUT2D eigenvalue weighted by atomic mass is 9.53. The summed E-state index contributed by atoms with van der Waals surface area (Å²) in [5.41, 5.74) is -0.493. The van der Waals surface area contributed by atoms with Crippen molar-refractivity contribution < 1.29 is 14.0 Å². The second-order valence-corrected chi connectivity index (χ2v) is 4.89. The molecule has 3 saturated carbocycles. The maximum Gasteiger partial charge on any atom is 0.225 e. The van der Waals surface area contributed by atoms with Crippen molar-refractivity contribution in [3.05, 3.63) is 0 Å². The molecular formula is C11H19NO2. The summed E-state index contributed by atoms with van der Waals surface area (Å²) in [6, 6.07) is 0. The Kier molecular flexibility index (Phi) is 1.57. The molecule has 0 spiro atoms. The molecule has 0 unspecified atom stereocenters. The first-order chi connectivity index (χ1) is 7.81.